The molecule has 1 saturated heterocycles. The molecule has 0 saturated carbocycles. The molecule has 1 unspecified atom stereocenters. The number of piperidine rings is 1. The molecule has 1 aliphatic heterocycles. The average molecular weight is 248 g/mol. The third-order valence-electron chi connectivity index (χ3n) is 3.29. The van der Waals surface area contributed by atoms with Gasteiger partial charge >= 0.3 is 0 Å². The van der Waals surface area contributed by atoms with E-state index in [0.717, 1.165) is 37.3 Å². The first-order valence-electron chi connectivity index (χ1n) is 6.44. The highest BCUT2D eigenvalue weighted by atomic mass is 16.1. The fourth-order valence-corrected chi connectivity index (χ4v) is 2.35. The molecule has 18 heavy (non-hydrogen) atoms. The van der Waals surface area contributed by atoms with Crippen LogP contribution in [0.1, 0.15) is 19.8 Å². The molecule has 1 aromatic heterocycles. The molecule has 0 spiro atoms. The second-order valence-corrected chi connectivity index (χ2v) is 4.65. The Bertz CT molecular complexity index is 421. The highest BCUT2D eigenvalue weighted by molar-refractivity contribution is 5.77. The van der Waals surface area contributed by atoms with Crippen LogP contribution in [0.4, 0.5) is 11.4 Å². The Morgan fingerprint density at radius 2 is 2.44 bits per heavy atom. The van der Waals surface area contributed by atoms with Crippen molar-refractivity contribution in [1.82, 2.24) is 4.98 Å². The Kier molecular flexibility index (Phi) is 4.02. The van der Waals surface area contributed by atoms with Gasteiger partial charge in [-0.25, -0.2) is 0 Å². The summed E-state index contributed by atoms with van der Waals surface area (Å²) in [6.45, 7) is 4.58. The summed E-state index contributed by atoms with van der Waals surface area (Å²) in [5, 5.41) is 3.24. The first-order chi connectivity index (χ1) is 8.70. The molecule has 0 bridgehead atoms. The minimum Gasteiger partial charge on any atom is -0.384 e. The summed E-state index contributed by atoms with van der Waals surface area (Å²) in [6, 6.07) is 2.07. The molecule has 1 amide bonds. The number of primary amides is 1. The van der Waals surface area contributed by atoms with E-state index in [1.807, 2.05) is 12.4 Å². The number of nitrogens with two attached hydrogens (primary N) is 1. The van der Waals surface area contributed by atoms with Gasteiger partial charge in [-0.15, -0.1) is 0 Å². The zero-order valence-electron chi connectivity index (χ0n) is 10.7. The Morgan fingerprint density at radius 1 is 1.61 bits per heavy atom. The molecule has 5 heteroatoms. The maximum Gasteiger partial charge on any atom is 0.222 e. The number of rotatable bonds is 4. The van der Waals surface area contributed by atoms with E-state index in [1.54, 1.807) is 0 Å². The first kappa shape index (κ1) is 12.7. The molecule has 0 radical (unpaired) electrons. The van der Waals surface area contributed by atoms with Gasteiger partial charge in [0.15, 0.2) is 0 Å². The van der Waals surface area contributed by atoms with Crippen LogP contribution in [0.25, 0.3) is 0 Å². The first-order valence-corrected chi connectivity index (χ1v) is 6.44. The summed E-state index contributed by atoms with van der Waals surface area (Å²) in [4.78, 5) is 17.7. The molecule has 1 fully saturated rings. The van der Waals surface area contributed by atoms with Crippen LogP contribution in [0.15, 0.2) is 18.5 Å². The van der Waals surface area contributed by atoms with Gasteiger partial charge in [0.1, 0.15) is 0 Å². The summed E-state index contributed by atoms with van der Waals surface area (Å²) in [6.07, 6.45) is 5.54. The molecule has 2 heterocycles. The van der Waals surface area contributed by atoms with E-state index in [-0.39, 0.29) is 11.8 Å². The maximum absolute atomic E-state index is 11.3. The number of amides is 1. The quantitative estimate of drug-likeness (QED) is 0.840. The number of aromatic nitrogens is 1. The highest BCUT2D eigenvalue weighted by Gasteiger charge is 2.24. The molecular weight excluding hydrogens is 228 g/mol. The predicted octanol–water partition coefficient (Wildman–Crippen LogP) is 1.22. The average Bonchev–Trinajstić information content (AvgIpc) is 2.39. The second kappa shape index (κ2) is 5.71. The van der Waals surface area contributed by atoms with Crippen molar-refractivity contribution in [3.05, 3.63) is 18.5 Å². The van der Waals surface area contributed by atoms with Crippen molar-refractivity contribution in [2.75, 3.05) is 29.9 Å². The molecule has 1 aromatic rings. The van der Waals surface area contributed by atoms with E-state index in [2.05, 4.69) is 28.2 Å². The van der Waals surface area contributed by atoms with Crippen LogP contribution in [0.5, 0.6) is 0 Å². The minimum atomic E-state index is -0.199. The number of carbonyl (C=O) groups excluding carboxylic acids is 1. The zero-order valence-corrected chi connectivity index (χ0v) is 10.7. The SMILES string of the molecule is CCNc1cncc(N2CCCC(C(N)=O)C2)c1. The zero-order chi connectivity index (χ0) is 13.0. The fraction of sp³-hybridized carbons (Fsp3) is 0.538. The second-order valence-electron chi connectivity index (χ2n) is 4.65. The lowest BCUT2D eigenvalue weighted by atomic mass is 9.97. The van der Waals surface area contributed by atoms with Crippen LogP contribution in [0.2, 0.25) is 0 Å². The van der Waals surface area contributed by atoms with Gasteiger partial charge in [-0.3, -0.25) is 9.78 Å². The Balaban J connectivity index is 2.10. The topological polar surface area (TPSA) is 71.2 Å². The predicted molar refractivity (Wildman–Crippen MR) is 72.5 cm³/mol. The smallest absolute Gasteiger partial charge is 0.222 e. The number of carbonyl (C=O) groups is 1. The molecule has 5 nitrogen and oxygen atoms in total. The van der Waals surface area contributed by atoms with E-state index < -0.39 is 0 Å². The lowest BCUT2D eigenvalue weighted by Crippen LogP contribution is -2.41. The van der Waals surface area contributed by atoms with Crippen LogP contribution in [-0.2, 0) is 4.79 Å². The van der Waals surface area contributed by atoms with E-state index in [0.29, 0.717) is 6.54 Å². The molecule has 2 rings (SSSR count). The Labute approximate surface area is 107 Å². The third-order valence-corrected chi connectivity index (χ3v) is 3.29. The van der Waals surface area contributed by atoms with Crippen LogP contribution < -0.4 is 16.0 Å². The molecule has 1 atom stereocenters. The van der Waals surface area contributed by atoms with Gasteiger partial charge in [0, 0.05) is 19.6 Å². The van der Waals surface area contributed by atoms with Crippen molar-refractivity contribution in [2.24, 2.45) is 11.7 Å². The molecule has 0 aromatic carbocycles. The summed E-state index contributed by atoms with van der Waals surface area (Å²) in [5.74, 6) is -0.239. The third kappa shape index (κ3) is 2.91. The summed E-state index contributed by atoms with van der Waals surface area (Å²) < 4.78 is 0. The molecule has 98 valence electrons. The number of hydrogen-bond donors (Lipinski definition) is 2. The maximum atomic E-state index is 11.3. The van der Waals surface area contributed by atoms with Crippen LogP contribution in [0, 0.1) is 5.92 Å². The van der Waals surface area contributed by atoms with Gasteiger partial charge in [0.2, 0.25) is 5.91 Å². The largest absolute Gasteiger partial charge is 0.384 e. The molecule has 3 N–H and O–H groups in total. The monoisotopic (exact) mass is 248 g/mol. The lowest BCUT2D eigenvalue weighted by molar-refractivity contribution is -0.122. The molecule has 1 aliphatic rings. The number of pyridine rings is 1. The van der Waals surface area contributed by atoms with Crippen molar-refractivity contribution in [1.29, 1.82) is 0 Å². The van der Waals surface area contributed by atoms with Crippen LogP contribution in [0.3, 0.4) is 0 Å². The van der Waals surface area contributed by atoms with Gasteiger partial charge < -0.3 is 16.0 Å². The van der Waals surface area contributed by atoms with Crippen molar-refractivity contribution in [2.45, 2.75) is 19.8 Å². The molecule has 0 aliphatic carbocycles. The number of hydrogen-bond acceptors (Lipinski definition) is 4. The fourth-order valence-electron chi connectivity index (χ4n) is 2.35. The normalized spacial score (nSPS) is 19.6. The highest BCUT2D eigenvalue weighted by Crippen LogP contribution is 2.24. The van der Waals surface area contributed by atoms with Gasteiger partial charge in [-0.1, -0.05) is 0 Å². The van der Waals surface area contributed by atoms with E-state index in [9.17, 15) is 4.79 Å². The molecular formula is C13H20N4O. The van der Waals surface area contributed by atoms with Crippen LogP contribution in [-0.4, -0.2) is 30.5 Å². The van der Waals surface area contributed by atoms with Gasteiger partial charge in [0.25, 0.3) is 0 Å². The van der Waals surface area contributed by atoms with E-state index in [4.69, 9.17) is 5.73 Å². The van der Waals surface area contributed by atoms with Crippen molar-refractivity contribution >= 4 is 17.3 Å². The van der Waals surface area contributed by atoms with Gasteiger partial charge in [0.05, 0.1) is 29.7 Å². The van der Waals surface area contributed by atoms with Crippen LogP contribution >= 0.6 is 0 Å². The summed E-state index contributed by atoms with van der Waals surface area (Å²) in [5.41, 5.74) is 7.46. The Morgan fingerprint density at radius 3 is 3.17 bits per heavy atom. The Hall–Kier alpha value is -1.78. The number of anilines is 2. The summed E-state index contributed by atoms with van der Waals surface area (Å²) in [7, 11) is 0. The van der Waals surface area contributed by atoms with Gasteiger partial charge in [-0.2, -0.15) is 0 Å². The number of nitrogens with one attached hydrogen (secondary N) is 1. The van der Waals surface area contributed by atoms with E-state index >= 15 is 0 Å². The van der Waals surface area contributed by atoms with Crippen molar-refractivity contribution < 1.29 is 4.79 Å². The van der Waals surface area contributed by atoms with Gasteiger partial charge in [-0.05, 0) is 25.8 Å². The van der Waals surface area contributed by atoms with Crippen molar-refractivity contribution in [3.8, 4) is 0 Å². The summed E-state index contributed by atoms with van der Waals surface area (Å²) >= 11 is 0. The standard InChI is InChI=1S/C13H20N4O/c1-2-16-11-6-12(8-15-7-11)17-5-3-4-10(9-17)13(14)18/h6-8,10,16H,2-5,9H2,1H3,(H2,14,18). The minimum absolute atomic E-state index is 0.0402. The number of nitrogens with zero attached hydrogens (tertiary/aromatic N) is 2. The van der Waals surface area contributed by atoms with E-state index in [1.165, 1.54) is 0 Å². The van der Waals surface area contributed by atoms with Crippen molar-refractivity contribution in [3.63, 3.8) is 0 Å². The lowest BCUT2D eigenvalue weighted by Gasteiger charge is -2.32.